The summed E-state index contributed by atoms with van der Waals surface area (Å²) in [7, 11) is 0. The first-order chi connectivity index (χ1) is 12.6. The zero-order valence-electron chi connectivity index (χ0n) is 13.8. The van der Waals surface area contributed by atoms with Crippen molar-refractivity contribution in [1.29, 1.82) is 5.26 Å². The summed E-state index contributed by atoms with van der Waals surface area (Å²) in [5.41, 5.74) is 3.57. The lowest BCUT2D eigenvalue weighted by Gasteiger charge is -2.03. The minimum atomic E-state index is -0.390. The van der Waals surface area contributed by atoms with E-state index in [-0.39, 0.29) is 5.56 Å². The van der Waals surface area contributed by atoms with Crippen molar-refractivity contribution < 1.29 is 4.39 Å². The molecule has 0 bridgehead atoms. The molecule has 0 aliphatic carbocycles. The fourth-order valence-electron chi connectivity index (χ4n) is 2.94. The second-order valence-corrected chi connectivity index (χ2v) is 5.92. The average molecular weight is 344 g/mol. The number of rotatable bonds is 2. The first kappa shape index (κ1) is 15.8. The molecule has 0 spiro atoms. The van der Waals surface area contributed by atoms with E-state index >= 15 is 0 Å². The quantitative estimate of drug-likeness (QED) is 0.603. The number of hydrogen-bond donors (Lipinski definition) is 1. The number of benzene rings is 2. The van der Waals surface area contributed by atoms with Gasteiger partial charge in [0.25, 0.3) is 5.56 Å². The van der Waals surface area contributed by atoms with Gasteiger partial charge in [-0.05, 0) is 36.8 Å². The highest BCUT2D eigenvalue weighted by Crippen LogP contribution is 2.27. The number of halogens is 1. The molecule has 5 nitrogen and oxygen atoms in total. The normalized spacial score (nSPS) is 10.8. The molecular weight excluding hydrogens is 331 g/mol. The highest BCUT2D eigenvalue weighted by atomic mass is 19.1. The molecule has 2 aromatic heterocycles. The summed E-state index contributed by atoms with van der Waals surface area (Å²) in [6.45, 7) is 1.79. The Hall–Kier alpha value is -3.72. The van der Waals surface area contributed by atoms with Crippen LogP contribution in [0.25, 0.3) is 28.2 Å². The van der Waals surface area contributed by atoms with Gasteiger partial charge in [-0.1, -0.05) is 24.3 Å². The van der Waals surface area contributed by atoms with Crippen molar-refractivity contribution in [2.75, 3.05) is 0 Å². The van der Waals surface area contributed by atoms with Gasteiger partial charge in [-0.15, -0.1) is 0 Å². The first-order valence-corrected chi connectivity index (χ1v) is 7.96. The fourth-order valence-corrected chi connectivity index (χ4v) is 2.94. The minimum Gasteiger partial charge on any atom is -0.339 e. The smallest absolute Gasteiger partial charge is 0.274 e. The predicted octanol–water partition coefficient (Wildman–Crippen LogP) is 3.68. The van der Waals surface area contributed by atoms with Crippen molar-refractivity contribution in [2.24, 2.45) is 0 Å². The molecule has 4 aromatic rings. The van der Waals surface area contributed by atoms with E-state index in [1.54, 1.807) is 49.4 Å². The van der Waals surface area contributed by atoms with E-state index < -0.39 is 5.82 Å². The molecule has 6 heteroatoms. The molecule has 1 N–H and O–H groups in total. The van der Waals surface area contributed by atoms with E-state index in [0.717, 1.165) is 5.56 Å². The minimum absolute atomic E-state index is 0.316. The van der Waals surface area contributed by atoms with Crippen LogP contribution in [0.15, 0.2) is 59.4 Å². The van der Waals surface area contributed by atoms with Crippen LogP contribution in [-0.4, -0.2) is 14.6 Å². The Morgan fingerprint density at radius 3 is 2.58 bits per heavy atom. The standard InChI is InChI=1S/C20H13FN4O/c1-12-19(15-4-2-3-5-16(15)21)24-25-18(26)10-17(23-20(12)25)14-8-6-13(11-22)7-9-14/h2-10,23H,1H3. The third-order valence-corrected chi connectivity index (χ3v) is 4.31. The number of hydrogen-bond acceptors (Lipinski definition) is 3. The van der Waals surface area contributed by atoms with Crippen LogP contribution >= 0.6 is 0 Å². The van der Waals surface area contributed by atoms with Gasteiger partial charge in [0, 0.05) is 17.2 Å². The Balaban J connectivity index is 1.92. The van der Waals surface area contributed by atoms with Crippen LogP contribution in [0.1, 0.15) is 11.1 Å². The molecule has 26 heavy (non-hydrogen) atoms. The number of H-pyrrole nitrogens is 1. The summed E-state index contributed by atoms with van der Waals surface area (Å²) in [6, 6.07) is 16.7. The lowest BCUT2D eigenvalue weighted by atomic mass is 10.1. The van der Waals surface area contributed by atoms with Crippen molar-refractivity contribution >= 4 is 5.65 Å². The topological polar surface area (TPSA) is 74.0 Å². The summed E-state index contributed by atoms with van der Waals surface area (Å²) in [4.78, 5) is 15.7. The third-order valence-electron chi connectivity index (χ3n) is 4.31. The van der Waals surface area contributed by atoms with Gasteiger partial charge in [-0.25, -0.2) is 4.39 Å². The van der Waals surface area contributed by atoms with E-state index in [1.807, 2.05) is 0 Å². The number of aromatic nitrogens is 3. The van der Waals surface area contributed by atoms with Crippen molar-refractivity contribution in [1.82, 2.24) is 14.6 Å². The van der Waals surface area contributed by atoms with Gasteiger partial charge in [-0.2, -0.15) is 14.9 Å². The van der Waals surface area contributed by atoms with Gasteiger partial charge in [-0.3, -0.25) is 4.79 Å². The van der Waals surface area contributed by atoms with Crippen molar-refractivity contribution in [3.05, 3.63) is 81.9 Å². The van der Waals surface area contributed by atoms with E-state index in [0.29, 0.717) is 33.7 Å². The van der Waals surface area contributed by atoms with Crippen LogP contribution in [0.5, 0.6) is 0 Å². The van der Waals surface area contributed by atoms with Crippen LogP contribution in [0.2, 0.25) is 0 Å². The van der Waals surface area contributed by atoms with Crippen molar-refractivity contribution in [3.8, 4) is 28.6 Å². The number of nitriles is 1. The van der Waals surface area contributed by atoms with E-state index in [9.17, 15) is 9.18 Å². The summed E-state index contributed by atoms with van der Waals surface area (Å²) >= 11 is 0. The van der Waals surface area contributed by atoms with Crippen molar-refractivity contribution in [3.63, 3.8) is 0 Å². The van der Waals surface area contributed by atoms with Gasteiger partial charge in [0.2, 0.25) is 0 Å². The van der Waals surface area contributed by atoms with Crippen molar-refractivity contribution in [2.45, 2.75) is 6.92 Å². The molecule has 0 aliphatic heterocycles. The average Bonchev–Trinajstić information content (AvgIpc) is 2.99. The molecule has 0 amide bonds. The highest BCUT2D eigenvalue weighted by molar-refractivity contribution is 5.72. The van der Waals surface area contributed by atoms with Crippen LogP contribution < -0.4 is 5.56 Å². The second kappa shape index (κ2) is 5.97. The Bertz CT molecular complexity index is 1230. The maximum atomic E-state index is 14.1. The first-order valence-electron chi connectivity index (χ1n) is 7.96. The Labute approximate surface area is 148 Å². The second-order valence-electron chi connectivity index (χ2n) is 5.92. The lowest BCUT2D eigenvalue weighted by Crippen LogP contribution is -2.14. The molecule has 0 saturated carbocycles. The molecule has 126 valence electrons. The van der Waals surface area contributed by atoms with Crippen LogP contribution in [0.4, 0.5) is 4.39 Å². The van der Waals surface area contributed by atoms with Gasteiger partial charge in [0.15, 0.2) is 0 Å². The van der Waals surface area contributed by atoms with Gasteiger partial charge >= 0.3 is 0 Å². The maximum absolute atomic E-state index is 14.1. The molecule has 0 aliphatic rings. The molecule has 2 aromatic carbocycles. The molecule has 4 rings (SSSR count). The summed E-state index contributed by atoms with van der Waals surface area (Å²) in [5.74, 6) is -0.390. The van der Waals surface area contributed by atoms with E-state index in [4.69, 9.17) is 5.26 Å². The molecule has 0 unspecified atom stereocenters. The van der Waals surface area contributed by atoms with Crippen LogP contribution in [0.3, 0.4) is 0 Å². The largest absolute Gasteiger partial charge is 0.339 e. The SMILES string of the molecule is Cc1c(-c2ccccc2F)nn2c(=O)cc(-c3ccc(C#N)cc3)[nH]c12. The summed E-state index contributed by atoms with van der Waals surface area (Å²) < 4.78 is 15.4. The van der Waals surface area contributed by atoms with E-state index in [1.165, 1.54) is 16.6 Å². The van der Waals surface area contributed by atoms with Gasteiger partial charge in [0.05, 0.1) is 17.3 Å². The fraction of sp³-hybridized carbons (Fsp3) is 0.0500. The number of nitrogens with zero attached hydrogens (tertiary/aromatic N) is 3. The van der Waals surface area contributed by atoms with Gasteiger partial charge in [0.1, 0.15) is 17.2 Å². The third kappa shape index (κ3) is 2.47. The molecule has 0 fully saturated rings. The predicted molar refractivity (Wildman–Crippen MR) is 96.1 cm³/mol. The van der Waals surface area contributed by atoms with E-state index in [2.05, 4.69) is 16.2 Å². The lowest BCUT2D eigenvalue weighted by molar-refractivity contribution is 0.630. The highest BCUT2D eigenvalue weighted by Gasteiger charge is 2.16. The zero-order valence-corrected chi connectivity index (χ0v) is 13.8. The molecule has 0 radical (unpaired) electrons. The molecule has 2 heterocycles. The summed E-state index contributed by atoms with van der Waals surface area (Å²) in [5, 5.41) is 13.2. The Morgan fingerprint density at radius 1 is 1.15 bits per heavy atom. The number of nitrogens with one attached hydrogen (secondary N) is 1. The van der Waals surface area contributed by atoms with Crippen LogP contribution in [-0.2, 0) is 0 Å². The van der Waals surface area contributed by atoms with Crippen LogP contribution in [0, 0.1) is 24.1 Å². The Morgan fingerprint density at radius 2 is 1.88 bits per heavy atom. The number of aromatic amines is 1. The summed E-state index contributed by atoms with van der Waals surface area (Å²) in [6.07, 6.45) is 0. The molecule has 0 saturated heterocycles. The monoisotopic (exact) mass is 344 g/mol. The number of aryl methyl sites for hydroxylation is 1. The number of fused-ring (bicyclic) bond motifs is 1. The Kier molecular flexibility index (Phi) is 3.63. The maximum Gasteiger partial charge on any atom is 0.274 e. The molecular formula is C20H13FN4O. The zero-order chi connectivity index (χ0) is 18.3. The van der Waals surface area contributed by atoms with Gasteiger partial charge < -0.3 is 4.98 Å². The molecule has 0 atom stereocenters.